The highest BCUT2D eigenvalue weighted by molar-refractivity contribution is 6.33. The number of aldehydes is 1. The molecule has 17 heavy (non-hydrogen) atoms. The molecule has 92 valence electrons. The van der Waals surface area contributed by atoms with Crippen LogP contribution in [0, 0.1) is 0 Å². The van der Waals surface area contributed by atoms with E-state index in [9.17, 15) is 9.90 Å². The second-order valence-corrected chi connectivity index (χ2v) is 4.98. The van der Waals surface area contributed by atoms with Gasteiger partial charge in [-0.05, 0) is 48.8 Å². The van der Waals surface area contributed by atoms with Gasteiger partial charge in [0.25, 0.3) is 0 Å². The topological polar surface area (TPSA) is 37.3 Å². The molecule has 0 bridgehead atoms. The highest BCUT2D eigenvalue weighted by Crippen LogP contribution is 2.37. The van der Waals surface area contributed by atoms with Crippen LogP contribution in [0.1, 0.15) is 42.4 Å². The first kappa shape index (κ1) is 12.4. The van der Waals surface area contributed by atoms with Crippen molar-refractivity contribution in [1.82, 2.24) is 0 Å². The van der Waals surface area contributed by atoms with E-state index in [2.05, 4.69) is 0 Å². The van der Waals surface area contributed by atoms with Crippen LogP contribution in [-0.4, -0.2) is 11.4 Å². The number of carbonyl (C=O) groups excluding carboxylic acids is 1. The van der Waals surface area contributed by atoms with Gasteiger partial charge in [0.1, 0.15) is 12.0 Å². The number of phenols is 1. The molecule has 1 aliphatic rings. The molecule has 0 aromatic heterocycles. The van der Waals surface area contributed by atoms with Crippen molar-refractivity contribution in [2.45, 2.75) is 44.9 Å². The SMILES string of the molecule is O=CCCc1cc2c(c(Cl)c1O)CCCCC2. The molecular weight excluding hydrogens is 236 g/mol. The third kappa shape index (κ3) is 2.63. The van der Waals surface area contributed by atoms with Crippen LogP contribution in [0.4, 0.5) is 0 Å². The van der Waals surface area contributed by atoms with E-state index in [1.165, 1.54) is 18.4 Å². The second-order valence-electron chi connectivity index (χ2n) is 4.60. The van der Waals surface area contributed by atoms with E-state index in [1.54, 1.807) is 0 Å². The van der Waals surface area contributed by atoms with Gasteiger partial charge in [-0.2, -0.15) is 0 Å². The predicted octanol–water partition coefficient (Wildman–Crippen LogP) is 3.45. The molecule has 2 nitrogen and oxygen atoms in total. The number of benzene rings is 1. The molecule has 0 atom stereocenters. The number of aromatic hydroxyl groups is 1. The van der Waals surface area contributed by atoms with Gasteiger partial charge in [0.2, 0.25) is 0 Å². The fraction of sp³-hybridized carbons (Fsp3) is 0.500. The Kier molecular flexibility index (Phi) is 4.06. The van der Waals surface area contributed by atoms with Crippen molar-refractivity contribution in [2.75, 3.05) is 0 Å². The van der Waals surface area contributed by atoms with Gasteiger partial charge in [-0.15, -0.1) is 0 Å². The average Bonchev–Trinajstić information content (AvgIpc) is 2.57. The van der Waals surface area contributed by atoms with Crippen molar-refractivity contribution in [2.24, 2.45) is 0 Å². The number of fused-ring (bicyclic) bond motifs is 1. The van der Waals surface area contributed by atoms with Gasteiger partial charge < -0.3 is 9.90 Å². The number of phenolic OH excluding ortho intramolecular Hbond substituents is 1. The van der Waals surface area contributed by atoms with Crippen molar-refractivity contribution in [3.05, 3.63) is 27.8 Å². The maximum absolute atomic E-state index is 10.4. The monoisotopic (exact) mass is 252 g/mol. The Labute approximate surface area is 107 Å². The third-order valence-electron chi connectivity index (χ3n) is 3.42. The van der Waals surface area contributed by atoms with Crippen molar-refractivity contribution >= 4 is 17.9 Å². The summed E-state index contributed by atoms with van der Waals surface area (Å²) in [5.41, 5.74) is 3.17. The summed E-state index contributed by atoms with van der Waals surface area (Å²) in [6, 6.07) is 2.03. The molecule has 0 spiro atoms. The van der Waals surface area contributed by atoms with Gasteiger partial charge in [-0.1, -0.05) is 24.1 Å². The Balaban J connectivity index is 2.39. The average molecular weight is 253 g/mol. The highest BCUT2D eigenvalue weighted by Gasteiger charge is 2.17. The molecular formula is C14H17ClO2. The lowest BCUT2D eigenvalue weighted by molar-refractivity contribution is -0.107. The summed E-state index contributed by atoms with van der Waals surface area (Å²) >= 11 is 6.23. The summed E-state index contributed by atoms with van der Waals surface area (Å²) in [5.74, 6) is 0.175. The Bertz CT molecular complexity index is 427. The molecule has 0 aliphatic heterocycles. The van der Waals surface area contributed by atoms with E-state index < -0.39 is 0 Å². The molecule has 0 unspecified atom stereocenters. The van der Waals surface area contributed by atoms with Crippen LogP contribution < -0.4 is 0 Å². The standard InChI is InChI=1S/C14H17ClO2/c15-13-12-7-3-1-2-5-10(12)9-11(14(13)17)6-4-8-16/h8-9,17H,1-7H2. The molecule has 0 saturated carbocycles. The Morgan fingerprint density at radius 2 is 2.06 bits per heavy atom. The third-order valence-corrected chi connectivity index (χ3v) is 3.82. The molecule has 0 radical (unpaired) electrons. The smallest absolute Gasteiger partial charge is 0.137 e. The molecule has 1 aliphatic carbocycles. The first-order valence-electron chi connectivity index (χ1n) is 6.19. The van der Waals surface area contributed by atoms with Gasteiger partial charge in [0, 0.05) is 6.42 Å². The highest BCUT2D eigenvalue weighted by atomic mass is 35.5. The van der Waals surface area contributed by atoms with Crippen LogP contribution in [0.3, 0.4) is 0 Å². The lowest BCUT2D eigenvalue weighted by Gasteiger charge is -2.13. The van der Waals surface area contributed by atoms with Crippen molar-refractivity contribution < 1.29 is 9.90 Å². The Hall–Kier alpha value is -1.02. The molecule has 3 heteroatoms. The maximum atomic E-state index is 10.4. The van der Waals surface area contributed by atoms with Gasteiger partial charge in [0.15, 0.2) is 0 Å². The normalized spacial score (nSPS) is 15.1. The molecule has 1 aromatic rings. The largest absolute Gasteiger partial charge is 0.506 e. The fourth-order valence-corrected chi connectivity index (χ4v) is 2.82. The van der Waals surface area contributed by atoms with Crippen LogP contribution in [0.25, 0.3) is 0 Å². The number of halogens is 1. The van der Waals surface area contributed by atoms with Crippen LogP contribution in [0.5, 0.6) is 5.75 Å². The molecule has 0 saturated heterocycles. The minimum atomic E-state index is 0.175. The lowest BCUT2D eigenvalue weighted by atomic mass is 9.97. The molecule has 0 fully saturated rings. The zero-order valence-corrected chi connectivity index (χ0v) is 10.6. The summed E-state index contributed by atoms with van der Waals surface area (Å²) in [6.45, 7) is 0. The van der Waals surface area contributed by atoms with Crippen LogP contribution in [-0.2, 0) is 24.1 Å². The number of aryl methyl sites for hydroxylation is 2. The van der Waals surface area contributed by atoms with Crippen molar-refractivity contribution in [3.63, 3.8) is 0 Å². The van der Waals surface area contributed by atoms with Crippen LogP contribution in [0.2, 0.25) is 5.02 Å². The number of hydrogen-bond donors (Lipinski definition) is 1. The number of rotatable bonds is 3. The van der Waals surface area contributed by atoms with E-state index in [-0.39, 0.29) is 5.75 Å². The first-order chi connectivity index (χ1) is 8.24. The summed E-state index contributed by atoms with van der Waals surface area (Å²) in [5, 5.41) is 10.5. The zero-order chi connectivity index (χ0) is 12.3. The van der Waals surface area contributed by atoms with Crippen LogP contribution >= 0.6 is 11.6 Å². The fourth-order valence-electron chi connectivity index (χ4n) is 2.48. The molecule has 2 rings (SSSR count). The maximum Gasteiger partial charge on any atom is 0.137 e. The predicted molar refractivity (Wildman–Crippen MR) is 68.8 cm³/mol. The van der Waals surface area contributed by atoms with Gasteiger partial charge in [0.05, 0.1) is 5.02 Å². The van der Waals surface area contributed by atoms with Gasteiger partial charge >= 0.3 is 0 Å². The van der Waals surface area contributed by atoms with Crippen LogP contribution in [0.15, 0.2) is 6.07 Å². The van der Waals surface area contributed by atoms with E-state index in [0.717, 1.165) is 36.7 Å². The van der Waals surface area contributed by atoms with Crippen molar-refractivity contribution in [3.8, 4) is 5.75 Å². The molecule has 1 aromatic carbocycles. The van der Waals surface area contributed by atoms with Crippen molar-refractivity contribution in [1.29, 1.82) is 0 Å². The number of hydrogen-bond acceptors (Lipinski definition) is 2. The second kappa shape index (κ2) is 5.54. The lowest BCUT2D eigenvalue weighted by Crippen LogP contribution is -1.97. The first-order valence-corrected chi connectivity index (χ1v) is 6.57. The molecule has 1 N–H and O–H groups in total. The summed E-state index contributed by atoms with van der Waals surface area (Å²) in [6.07, 6.45) is 7.40. The summed E-state index contributed by atoms with van der Waals surface area (Å²) < 4.78 is 0. The molecule has 0 amide bonds. The molecule has 0 heterocycles. The minimum absolute atomic E-state index is 0.175. The van der Waals surface area contributed by atoms with E-state index in [0.29, 0.717) is 17.9 Å². The quantitative estimate of drug-likeness (QED) is 0.661. The van der Waals surface area contributed by atoms with E-state index >= 15 is 0 Å². The number of carbonyl (C=O) groups is 1. The summed E-state index contributed by atoms with van der Waals surface area (Å²) in [4.78, 5) is 10.4. The Morgan fingerprint density at radius 3 is 2.82 bits per heavy atom. The van der Waals surface area contributed by atoms with E-state index in [1.807, 2.05) is 6.07 Å². The zero-order valence-electron chi connectivity index (χ0n) is 9.84. The van der Waals surface area contributed by atoms with Gasteiger partial charge in [-0.3, -0.25) is 0 Å². The Morgan fingerprint density at radius 1 is 1.29 bits per heavy atom. The van der Waals surface area contributed by atoms with Gasteiger partial charge in [-0.25, -0.2) is 0 Å². The summed E-state index contributed by atoms with van der Waals surface area (Å²) in [7, 11) is 0. The van der Waals surface area contributed by atoms with E-state index in [4.69, 9.17) is 11.6 Å². The minimum Gasteiger partial charge on any atom is -0.506 e.